The fraction of sp³-hybridized carbons (Fsp3) is 0.143. The maximum absolute atomic E-state index is 14.8. The van der Waals surface area contributed by atoms with Gasteiger partial charge in [-0.1, -0.05) is 18.2 Å². The molecule has 0 radical (unpaired) electrons. The zero-order valence-electron chi connectivity index (χ0n) is 15.6. The Bertz CT molecular complexity index is 1360. The lowest BCUT2D eigenvalue weighted by Crippen LogP contribution is -2.24. The van der Waals surface area contributed by atoms with Crippen LogP contribution in [-0.2, 0) is 30.2 Å². The molecule has 0 atom stereocenters. The maximum atomic E-state index is 14.8. The first-order valence-electron chi connectivity index (χ1n) is 9.08. The van der Waals surface area contributed by atoms with E-state index in [0.29, 0.717) is 11.3 Å². The highest BCUT2D eigenvalue weighted by atomic mass is 32.2. The molecule has 2 aromatic heterocycles. The molecule has 1 aliphatic heterocycles. The summed E-state index contributed by atoms with van der Waals surface area (Å²) < 4.78 is 43.2. The van der Waals surface area contributed by atoms with Crippen LogP contribution in [0.5, 0.6) is 0 Å². The predicted octanol–water partition coefficient (Wildman–Crippen LogP) is 3.48. The summed E-state index contributed by atoms with van der Waals surface area (Å²) in [6.07, 6.45) is 3.47. The molecule has 0 bridgehead atoms. The second-order valence-corrected chi connectivity index (χ2v) is 9.01. The summed E-state index contributed by atoms with van der Waals surface area (Å²) in [7, 11) is -1.80. The lowest BCUT2D eigenvalue weighted by Gasteiger charge is -2.15. The SMILES string of the molecule is Cn1cc2cc(-c3ccc(CN4Cc5ncccc5S4(=O)=O)c(F)c3)ccc2n1. The van der Waals surface area contributed by atoms with E-state index in [1.54, 1.807) is 23.0 Å². The molecule has 146 valence electrons. The topological polar surface area (TPSA) is 68.1 Å². The monoisotopic (exact) mass is 408 g/mol. The van der Waals surface area contributed by atoms with E-state index in [2.05, 4.69) is 10.1 Å². The normalized spacial score (nSPS) is 15.7. The molecule has 2 aromatic carbocycles. The molecule has 4 aromatic rings. The molecule has 0 unspecified atom stereocenters. The van der Waals surface area contributed by atoms with Gasteiger partial charge in [0.05, 0.1) is 17.8 Å². The number of pyridine rings is 1. The second-order valence-electron chi connectivity index (χ2n) is 7.10. The van der Waals surface area contributed by atoms with Crippen LogP contribution in [0.1, 0.15) is 11.3 Å². The van der Waals surface area contributed by atoms with E-state index < -0.39 is 15.8 Å². The standard InChI is InChI=1S/C21H17FN4O2S/c1-25-11-17-9-14(6-7-19(17)24-25)15-4-5-16(18(22)10-15)12-26-13-20-21(29(26,27)28)3-2-8-23-20/h2-11H,12-13H2,1H3. The molecule has 0 saturated carbocycles. The third kappa shape index (κ3) is 3.01. The van der Waals surface area contributed by atoms with Crippen molar-refractivity contribution in [2.45, 2.75) is 18.0 Å². The van der Waals surface area contributed by atoms with Crippen molar-refractivity contribution >= 4 is 20.9 Å². The first kappa shape index (κ1) is 18.0. The number of nitrogens with zero attached hydrogens (tertiary/aromatic N) is 4. The van der Waals surface area contributed by atoms with Gasteiger partial charge in [-0.15, -0.1) is 0 Å². The number of aryl methyl sites for hydroxylation is 1. The lowest BCUT2D eigenvalue weighted by atomic mass is 10.0. The summed E-state index contributed by atoms with van der Waals surface area (Å²) in [5.41, 5.74) is 3.30. The zero-order chi connectivity index (χ0) is 20.2. The van der Waals surface area contributed by atoms with Gasteiger partial charge >= 0.3 is 0 Å². The van der Waals surface area contributed by atoms with Crippen molar-refractivity contribution in [2.75, 3.05) is 0 Å². The summed E-state index contributed by atoms with van der Waals surface area (Å²) >= 11 is 0. The van der Waals surface area contributed by atoms with E-state index in [1.165, 1.54) is 16.4 Å². The highest BCUT2D eigenvalue weighted by Crippen LogP contribution is 2.31. The summed E-state index contributed by atoms with van der Waals surface area (Å²) in [6.45, 7) is 0.115. The molecule has 5 rings (SSSR count). The van der Waals surface area contributed by atoms with E-state index in [-0.39, 0.29) is 18.0 Å². The largest absolute Gasteiger partial charge is 0.275 e. The Morgan fingerprint density at radius 1 is 1.10 bits per heavy atom. The van der Waals surface area contributed by atoms with Crippen molar-refractivity contribution in [3.05, 3.63) is 78.0 Å². The molecular weight excluding hydrogens is 391 g/mol. The van der Waals surface area contributed by atoms with E-state index in [9.17, 15) is 12.8 Å². The van der Waals surface area contributed by atoms with E-state index in [4.69, 9.17) is 0 Å². The Hall–Kier alpha value is -3.10. The molecule has 0 N–H and O–H groups in total. The fourth-order valence-corrected chi connectivity index (χ4v) is 5.23. The number of benzene rings is 2. The Labute approximate surface area is 167 Å². The van der Waals surface area contributed by atoms with Crippen molar-refractivity contribution in [3.8, 4) is 11.1 Å². The summed E-state index contributed by atoms with van der Waals surface area (Å²) in [4.78, 5) is 4.32. The van der Waals surface area contributed by atoms with Crippen molar-refractivity contribution in [1.82, 2.24) is 19.1 Å². The van der Waals surface area contributed by atoms with Crippen LogP contribution in [0, 0.1) is 5.82 Å². The van der Waals surface area contributed by atoms with Gasteiger partial charge in [0.1, 0.15) is 10.7 Å². The van der Waals surface area contributed by atoms with Gasteiger partial charge in [0, 0.05) is 36.9 Å². The van der Waals surface area contributed by atoms with Crippen LogP contribution in [-0.4, -0.2) is 27.5 Å². The van der Waals surface area contributed by atoms with Gasteiger partial charge in [-0.05, 0) is 41.5 Å². The molecule has 8 heteroatoms. The first-order chi connectivity index (χ1) is 13.9. The van der Waals surface area contributed by atoms with Crippen LogP contribution in [0.4, 0.5) is 4.39 Å². The van der Waals surface area contributed by atoms with Gasteiger partial charge in [-0.2, -0.15) is 9.40 Å². The van der Waals surface area contributed by atoms with Gasteiger partial charge in [-0.25, -0.2) is 12.8 Å². The highest BCUT2D eigenvalue weighted by molar-refractivity contribution is 7.89. The number of hydrogen-bond acceptors (Lipinski definition) is 4. The van der Waals surface area contributed by atoms with Crippen LogP contribution < -0.4 is 0 Å². The number of hydrogen-bond donors (Lipinski definition) is 0. The van der Waals surface area contributed by atoms with Gasteiger partial charge in [0.25, 0.3) is 0 Å². The smallest absolute Gasteiger partial charge is 0.245 e. The number of rotatable bonds is 3. The minimum Gasteiger partial charge on any atom is -0.275 e. The molecule has 0 aliphatic carbocycles. The van der Waals surface area contributed by atoms with Gasteiger partial charge in [0.2, 0.25) is 10.0 Å². The van der Waals surface area contributed by atoms with Crippen molar-refractivity contribution in [2.24, 2.45) is 7.05 Å². The molecule has 0 amide bonds. The third-order valence-electron chi connectivity index (χ3n) is 5.14. The molecule has 0 spiro atoms. The van der Waals surface area contributed by atoms with Crippen LogP contribution >= 0.6 is 0 Å². The summed E-state index contributed by atoms with van der Waals surface area (Å²) in [5, 5.41) is 5.32. The summed E-state index contributed by atoms with van der Waals surface area (Å²) in [6, 6.07) is 13.8. The average Bonchev–Trinajstić information content (AvgIpc) is 3.19. The Balaban J connectivity index is 1.44. The molecule has 29 heavy (non-hydrogen) atoms. The number of aromatic nitrogens is 3. The predicted molar refractivity (Wildman–Crippen MR) is 107 cm³/mol. The molecule has 3 heterocycles. The van der Waals surface area contributed by atoms with Gasteiger partial charge in [-0.3, -0.25) is 9.67 Å². The Kier molecular flexibility index (Phi) is 4.01. The third-order valence-corrected chi connectivity index (χ3v) is 7.01. The number of halogens is 1. The molecular formula is C21H17FN4O2S. The summed E-state index contributed by atoms with van der Waals surface area (Å²) in [5.74, 6) is -0.437. The first-order valence-corrected chi connectivity index (χ1v) is 10.5. The minimum absolute atomic E-state index is 0.0353. The molecule has 6 nitrogen and oxygen atoms in total. The van der Waals surface area contributed by atoms with Crippen LogP contribution in [0.15, 0.2) is 65.8 Å². The second kappa shape index (κ2) is 6.47. The molecule has 0 saturated heterocycles. The zero-order valence-corrected chi connectivity index (χ0v) is 16.4. The lowest BCUT2D eigenvalue weighted by molar-refractivity contribution is 0.408. The van der Waals surface area contributed by atoms with E-state index in [1.807, 2.05) is 37.5 Å². The minimum atomic E-state index is -3.65. The van der Waals surface area contributed by atoms with Gasteiger partial charge in [0.15, 0.2) is 0 Å². The van der Waals surface area contributed by atoms with Crippen molar-refractivity contribution < 1.29 is 12.8 Å². The fourth-order valence-electron chi connectivity index (χ4n) is 3.68. The number of fused-ring (bicyclic) bond motifs is 2. The van der Waals surface area contributed by atoms with Gasteiger partial charge < -0.3 is 0 Å². The molecule has 0 fully saturated rings. The quantitative estimate of drug-likeness (QED) is 0.521. The maximum Gasteiger partial charge on any atom is 0.245 e. The van der Waals surface area contributed by atoms with E-state index >= 15 is 0 Å². The Morgan fingerprint density at radius 2 is 1.90 bits per heavy atom. The average molecular weight is 408 g/mol. The van der Waals surface area contributed by atoms with Crippen LogP contribution in [0.3, 0.4) is 0 Å². The van der Waals surface area contributed by atoms with E-state index in [0.717, 1.165) is 22.0 Å². The van der Waals surface area contributed by atoms with Crippen molar-refractivity contribution in [3.63, 3.8) is 0 Å². The highest BCUT2D eigenvalue weighted by Gasteiger charge is 2.35. The van der Waals surface area contributed by atoms with Crippen molar-refractivity contribution in [1.29, 1.82) is 0 Å². The van der Waals surface area contributed by atoms with Crippen LogP contribution in [0.25, 0.3) is 22.0 Å². The van der Waals surface area contributed by atoms with Crippen LogP contribution in [0.2, 0.25) is 0 Å². The molecule has 1 aliphatic rings. The Morgan fingerprint density at radius 3 is 2.69 bits per heavy atom. The number of sulfonamides is 1.